The van der Waals surface area contributed by atoms with Crippen LogP contribution in [-0.4, -0.2) is 19.1 Å². The van der Waals surface area contributed by atoms with E-state index in [4.69, 9.17) is 11.6 Å². The maximum absolute atomic E-state index is 11.8. The summed E-state index contributed by atoms with van der Waals surface area (Å²) >= 11 is 7.52. The van der Waals surface area contributed by atoms with Gasteiger partial charge in [0.15, 0.2) is 5.82 Å². The molecule has 0 atom stereocenters. The first-order valence-electron chi connectivity index (χ1n) is 5.72. The summed E-state index contributed by atoms with van der Waals surface area (Å²) in [6.45, 7) is 0.114. The summed E-state index contributed by atoms with van der Waals surface area (Å²) < 4.78 is 2.50. The van der Waals surface area contributed by atoms with Crippen molar-refractivity contribution in [3.05, 3.63) is 55.5 Å². The van der Waals surface area contributed by atoms with Crippen LogP contribution in [0.25, 0.3) is 10.2 Å². The van der Waals surface area contributed by atoms with Gasteiger partial charge >= 0.3 is 11.1 Å². The normalized spacial score (nSPS) is 11.1. The lowest BCUT2D eigenvalue weighted by molar-refractivity contribution is 0.672. The zero-order valence-electron chi connectivity index (χ0n) is 10.4. The number of halogens is 1. The first-order chi connectivity index (χ1) is 9.56. The van der Waals surface area contributed by atoms with Gasteiger partial charge in [-0.25, -0.2) is 9.97 Å². The number of aromatic nitrogens is 4. The van der Waals surface area contributed by atoms with Crippen LogP contribution in [0.15, 0.2) is 33.4 Å². The third kappa shape index (κ3) is 2.14. The number of fused-ring (bicyclic) bond motifs is 1. The van der Waals surface area contributed by atoms with Crippen LogP contribution in [-0.2, 0) is 13.6 Å². The average molecular weight is 309 g/mol. The molecule has 0 fully saturated rings. The Labute approximate surface area is 121 Å². The third-order valence-corrected chi connectivity index (χ3v) is 3.97. The minimum atomic E-state index is -0.610. The van der Waals surface area contributed by atoms with Crippen molar-refractivity contribution in [3.63, 3.8) is 0 Å². The summed E-state index contributed by atoms with van der Waals surface area (Å²) in [6.07, 6.45) is 3.05. The molecule has 20 heavy (non-hydrogen) atoms. The summed E-state index contributed by atoms with van der Waals surface area (Å²) in [5.74, 6) is 0.403. The Morgan fingerprint density at radius 1 is 1.25 bits per heavy atom. The van der Waals surface area contributed by atoms with Crippen LogP contribution < -0.4 is 11.1 Å². The predicted octanol–water partition coefficient (Wildman–Crippen LogP) is 1.25. The lowest BCUT2D eigenvalue weighted by Gasteiger charge is -2.05. The van der Waals surface area contributed by atoms with Crippen molar-refractivity contribution < 1.29 is 0 Å². The molecule has 0 aliphatic carbocycles. The van der Waals surface area contributed by atoms with Crippen molar-refractivity contribution in [2.75, 3.05) is 0 Å². The smallest absolute Gasteiger partial charge is 0.312 e. The number of hydrogen-bond donors (Lipinski definition) is 0. The van der Waals surface area contributed by atoms with E-state index in [9.17, 15) is 9.59 Å². The summed E-state index contributed by atoms with van der Waals surface area (Å²) in [7, 11) is 1.53. The maximum Gasteiger partial charge on any atom is 0.316 e. The van der Waals surface area contributed by atoms with Crippen molar-refractivity contribution in [1.29, 1.82) is 0 Å². The largest absolute Gasteiger partial charge is 0.316 e. The molecule has 0 unspecified atom stereocenters. The maximum atomic E-state index is 11.8. The van der Waals surface area contributed by atoms with Gasteiger partial charge in [-0.3, -0.25) is 9.59 Å². The molecule has 0 spiro atoms. The van der Waals surface area contributed by atoms with E-state index in [1.165, 1.54) is 39.9 Å². The Morgan fingerprint density at radius 2 is 2.05 bits per heavy atom. The average Bonchev–Trinajstić information content (AvgIpc) is 2.88. The molecular formula is C12H9ClN4O2S. The second-order valence-corrected chi connectivity index (χ2v) is 5.47. The molecule has 6 nitrogen and oxygen atoms in total. The number of nitrogens with zero attached hydrogens (tertiary/aromatic N) is 4. The summed E-state index contributed by atoms with van der Waals surface area (Å²) in [5, 5.41) is 3.01. The standard InChI is InChI=1S/C12H9ClN4O2S/c1-16-3-4-17(12(19)11(16)18)6-8-14-9(13)7-2-5-20-10(7)15-8/h2-5H,6H2,1H3. The molecule has 0 amide bonds. The van der Waals surface area contributed by atoms with Crippen LogP contribution in [0.3, 0.4) is 0 Å². The number of rotatable bonds is 2. The minimum Gasteiger partial charge on any atom is -0.312 e. The second-order valence-electron chi connectivity index (χ2n) is 4.22. The molecule has 0 radical (unpaired) electrons. The Balaban J connectivity index is 2.07. The molecule has 3 heterocycles. The summed E-state index contributed by atoms with van der Waals surface area (Å²) in [5.41, 5.74) is -1.20. The molecule has 0 bridgehead atoms. The van der Waals surface area contributed by atoms with Gasteiger partial charge in [0.1, 0.15) is 9.98 Å². The molecule has 3 rings (SSSR count). The zero-order valence-corrected chi connectivity index (χ0v) is 12.0. The fraction of sp³-hybridized carbons (Fsp3) is 0.167. The van der Waals surface area contributed by atoms with Gasteiger partial charge < -0.3 is 9.13 Å². The number of thiophene rings is 1. The Kier molecular flexibility index (Phi) is 3.15. The summed E-state index contributed by atoms with van der Waals surface area (Å²) in [4.78, 5) is 32.7. The molecule has 0 aliphatic heterocycles. The Morgan fingerprint density at radius 3 is 2.85 bits per heavy atom. The highest BCUT2D eigenvalue weighted by Crippen LogP contribution is 2.24. The van der Waals surface area contributed by atoms with E-state index in [-0.39, 0.29) is 6.54 Å². The van der Waals surface area contributed by atoms with Gasteiger partial charge in [0.2, 0.25) is 0 Å². The predicted molar refractivity (Wildman–Crippen MR) is 77.5 cm³/mol. The summed E-state index contributed by atoms with van der Waals surface area (Å²) in [6, 6.07) is 1.84. The molecule has 0 N–H and O–H groups in total. The van der Waals surface area contributed by atoms with E-state index in [0.717, 1.165) is 10.2 Å². The minimum absolute atomic E-state index is 0.114. The molecule has 0 aromatic carbocycles. The van der Waals surface area contributed by atoms with E-state index >= 15 is 0 Å². The molecule has 0 saturated heterocycles. The second kappa shape index (κ2) is 4.84. The number of hydrogen-bond acceptors (Lipinski definition) is 5. The fourth-order valence-corrected chi connectivity index (χ4v) is 2.89. The third-order valence-electron chi connectivity index (χ3n) is 2.87. The highest BCUT2D eigenvalue weighted by Gasteiger charge is 2.09. The topological polar surface area (TPSA) is 69.8 Å². The van der Waals surface area contributed by atoms with E-state index in [0.29, 0.717) is 11.0 Å². The van der Waals surface area contributed by atoms with Gasteiger partial charge in [-0.1, -0.05) is 11.6 Å². The van der Waals surface area contributed by atoms with Gasteiger partial charge in [-0.05, 0) is 11.4 Å². The van der Waals surface area contributed by atoms with Crippen molar-refractivity contribution >= 4 is 33.2 Å². The molecular weight excluding hydrogens is 300 g/mol. The molecule has 0 saturated carbocycles. The van der Waals surface area contributed by atoms with E-state index in [1.807, 2.05) is 11.4 Å². The molecule has 3 aromatic heterocycles. The number of aryl methyl sites for hydroxylation is 1. The quantitative estimate of drug-likeness (QED) is 0.528. The van der Waals surface area contributed by atoms with Gasteiger partial charge in [-0.2, -0.15) is 0 Å². The van der Waals surface area contributed by atoms with Crippen molar-refractivity contribution in [2.45, 2.75) is 6.54 Å². The molecule has 102 valence electrons. The molecule has 0 aliphatic rings. The Bertz CT molecular complexity index is 912. The van der Waals surface area contributed by atoms with Gasteiger partial charge in [0, 0.05) is 24.8 Å². The lowest BCUT2D eigenvalue weighted by Crippen LogP contribution is -2.39. The Hall–Kier alpha value is -1.99. The van der Waals surface area contributed by atoms with Crippen LogP contribution in [0.2, 0.25) is 5.15 Å². The monoisotopic (exact) mass is 308 g/mol. The first kappa shape index (κ1) is 13.0. The zero-order chi connectivity index (χ0) is 14.3. The van der Waals surface area contributed by atoms with Gasteiger partial charge in [-0.15, -0.1) is 11.3 Å². The first-order valence-corrected chi connectivity index (χ1v) is 6.98. The van der Waals surface area contributed by atoms with Crippen molar-refractivity contribution in [3.8, 4) is 0 Å². The van der Waals surface area contributed by atoms with Crippen LogP contribution in [0.5, 0.6) is 0 Å². The molecule has 8 heteroatoms. The van der Waals surface area contributed by atoms with E-state index in [1.54, 1.807) is 0 Å². The lowest BCUT2D eigenvalue weighted by atomic mass is 10.4. The highest BCUT2D eigenvalue weighted by molar-refractivity contribution is 7.16. The SMILES string of the molecule is Cn1ccn(Cc2nc(Cl)c3ccsc3n2)c(=O)c1=O. The van der Waals surface area contributed by atoms with Crippen molar-refractivity contribution in [1.82, 2.24) is 19.1 Å². The van der Waals surface area contributed by atoms with E-state index in [2.05, 4.69) is 9.97 Å². The van der Waals surface area contributed by atoms with Crippen molar-refractivity contribution in [2.24, 2.45) is 7.05 Å². The highest BCUT2D eigenvalue weighted by atomic mass is 35.5. The van der Waals surface area contributed by atoms with Gasteiger partial charge in [0.25, 0.3) is 0 Å². The van der Waals surface area contributed by atoms with E-state index < -0.39 is 11.1 Å². The van der Waals surface area contributed by atoms with Crippen LogP contribution in [0.4, 0.5) is 0 Å². The van der Waals surface area contributed by atoms with Crippen LogP contribution >= 0.6 is 22.9 Å². The van der Waals surface area contributed by atoms with Gasteiger partial charge in [0.05, 0.1) is 6.54 Å². The van der Waals surface area contributed by atoms with Crippen LogP contribution in [0.1, 0.15) is 5.82 Å². The molecule has 3 aromatic rings. The fourth-order valence-electron chi connectivity index (χ4n) is 1.80. The van der Waals surface area contributed by atoms with Crippen LogP contribution in [0, 0.1) is 0 Å².